The van der Waals surface area contributed by atoms with Gasteiger partial charge in [-0.3, -0.25) is 9.59 Å². The summed E-state index contributed by atoms with van der Waals surface area (Å²) in [5.41, 5.74) is 1.54. The maximum Gasteiger partial charge on any atom is 0.307 e. The van der Waals surface area contributed by atoms with E-state index in [2.05, 4.69) is 15.5 Å². The summed E-state index contributed by atoms with van der Waals surface area (Å²) < 4.78 is 10.3. The molecule has 3 rings (SSSR count). The Kier molecular flexibility index (Phi) is 6.14. The Balaban J connectivity index is 1.49. The number of carbonyl (C=O) groups excluding carboxylic acids is 2. The van der Waals surface area contributed by atoms with Crippen LogP contribution in [0.25, 0.3) is 11.4 Å². The number of carbonyl (C=O) groups is 2. The number of rotatable bonds is 7. The molecule has 0 aliphatic heterocycles. The van der Waals surface area contributed by atoms with Crippen molar-refractivity contribution in [1.29, 1.82) is 5.26 Å². The molecule has 0 radical (unpaired) electrons. The predicted octanol–water partition coefficient (Wildman–Crippen LogP) is 3.17. The van der Waals surface area contributed by atoms with Gasteiger partial charge in [0.1, 0.15) is 6.07 Å². The number of para-hydroxylation sites is 1. The minimum absolute atomic E-state index is 0.00231. The van der Waals surface area contributed by atoms with Crippen molar-refractivity contribution >= 4 is 28.9 Å². The van der Waals surface area contributed by atoms with Gasteiger partial charge >= 0.3 is 5.97 Å². The second-order valence-corrected chi connectivity index (χ2v) is 6.58. The zero-order valence-corrected chi connectivity index (χ0v) is 15.7. The van der Waals surface area contributed by atoms with Crippen LogP contribution in [0, 0.1) is 11.3 Å². The Hall–Kier alpha value is -3.51. The average Bonchev–Trinajstić information content (AvgIpc) is 3.38. The smallest absolute Gasteiger partial charge is 0.307 e. The third-order valence-corrected chi connectivity index (χ3v) is 4.46. The predicted molar refractivity (Wildman–Crippen MR) is 101 cm³/mol. The molecular formula is C19H16N4O4S. The fourth-order valence-electron chi connectivity index (χ4n) is 2.31. The molecule has 2 aromatic heterocycles. The fourth-order valence-corrected chi connectivity index (χ4v) is 2.94. The Labute approximate surface area is 164 Å². The number of nitriles is 1. The number of hydrogen-bond acceptors (Lipinski definition) is 8. The average molecular weight is 396 g/mol. The largest absolute Gasteiger partial charge is 0.453 e. The number of amides is 1. The first-order valence-corrected chi connectivity index (χ1v) is 9.35. The SMILES string of the molecule is C[C@H](OC(=O)CCc1nc(-c2ccsc2)no1)C(=O)Nc1ccccc1C#N. The van der Waals surface area contributed by atoms with Gasteiger partial charge in [-0.05, 0) is 30.5 Å². The number of aromatic nitrogens is 2. The highest BCUT2D eigenvalue weighted by Crippen LogP contribution is 2.19. The van der Waals surface area contributed by atoms with E-state index in [0.717, 1.165) is 5.56 Å². The normalized spacial score (nSPS) is 11.4. The van der Waals surface area contributed by atoms with E-state index in [-0.39, 0.29) is 12.8 Å². The van der Waals surface area contributed by atoms with E-state index in [1.54, 1.807) is 24.3 Å². The first-order chi connectivity index (χ1) is 13.6. The molecule has 0 saturated carbocycles. The highest BCUT2D eigenvalue weighted by molar-refractivity contribution is 7.08. The van der Waals surface area contributed by atoms with Gasteiger partial charge in [0.15, 0.2) is 6.10 Å². The zero-order valence-electron chi connectivity index (χ0n) is 14.9. The second kappa shape index (κ2) is 8.92. The van der Waals surface area contributed by atoms with Crippen LogP contribution in [0.15, 0.2) is 45.6 Å². The van der Waals surface area contributed by atoms with Crippen molar-refractivity contribution in [3.05, 3.63) is 52.5 Å². The molecule has 0 spiro atoms. The van der Waals surface area contributed by atoms with Crippen molar-refractivity contribution in [3.63, 3.8) is 0 Å². The number of nitrogens with one attached hydrogen (secondary N) is 1. The maximum atomic E-state index is 12.2. The van der Waals surface area contributed by atoms with Crippen LogP contribution in [-0.2, 0) is 20.7 Å². The monoisotopic (exact) mass is 396 g/mol. The van der Waals surface area contributed by atoms with Crippen LogP contribution in [0.4, 0.5) is 5.69 Å². The van der Waals surface area contributed by atoms with Crippen molar-refractivity contribution in [1.82, 2.24) is 10.1 Å². The molecule has 28 heavy (non-hydrogen) atoms. The van der Waals surface area contributed by atoms with E-state index >= 15 is 0 Å². The zero-order chi connectivity index (χ0) is 19.9. The quantitative estimate of drug-likeness (QED) is 0.609. The lowest BCUT2D eigenvalue weighted by molar-refractivity contribution is -0.153. The van der Waals surface area contributed by atoms with Gasteiger partial charge in [-0.1, -0.05) is 17.3 Å². The molecule has 8 nitrogen and oxygen atoms in total. The summed E-state index contributed by atoms with van der Waals surface area (Å²) in [5, 5.41) is 19.3. The number of hydrogen-bond donors (Lipinski definition) is 1. The number of esters is 1. The molecule has 0 aliphatic rings. The molecule has 3 aromatic rings. The summed E-state index contributed by atoms with van der Waals surface area (Å²) in [7, 11) is 0. The summed E-state index contributed by atoms with van der Waals surface area (Å²) in [4.78, 5) is 28.4. The van der Waals surface area contributed by atoms with E-state index in [1.807, 2.05) is 22.9 Å². The number of nitrogens with zero attached hydrogens (tertiary/aromatic N) is 3. The van der Waals surface area contributed by atoms with Crippen LogP contribution in [0.2, 0.25) is 0 Å². The molecule has 142 valence electrons. The second-order valence-electron chi connectivity index (χ2n) is 5.80. The van der Waals surface area contributed by atoms with Crippen LogP contribution in [0.1, 0.15) is 24.8 Å². The van der Waals surface area contributed by atoms with Crippen LogP contribution < -0.4 is 5.32 Å². The third kappa shape index (κ3) is 4.81. The minimum Gasteiger partial charge on any atom is -0.453 e. The Morgan fingerprint density at radius 3 is 2.93 bits per heavy atom. The van der Waals surface area contributed by atoms with Gasteiger partial charge in [-0.25, -0.2) is 0 Å². The van der Waals surface area contributed by atoms with Crippen molar-refractivity contribution in [3.8, 4) is 17.5 Å². The summed E-state index contributed by atoms with van der Waals surface area (Å²) >= 11 is 1.52. The number of aryl methyl sites for hydroxylation is 1. The summed E-state index contributed by atoms with van der Waals surface area (Å²) in [6.45, 7) is 1.46. The topological polar surface area (TPSA) is 118 Å². The lowest BCUT2D eigenvalue weighted by atomic mass is 10.2. The van der Waals surface area contributed by atoms with Gasteiger partial charge in [0.25, 0.3) is 5.91 Å². The molecule has 9 heteroatoms. The van der Waals surface area contributed by atoms with Crippen LogP contribution >= 0.6 is 11.3 Å². The van der Waals surface area contributed by atoms with Crippen LogP contribution in [-0.4, -0.2) is 28.1 Å². The lowest BCUT2D eigenvalue weighted by Crippen LogP contribution is -2.30. The van der Waals surface area contributed by atoms with E-state index in [0.29, 0.717) is 23.0 Å². The van der Waals surface area contributed by atoms with Crippen LogP contribution in [0.3, 0.4) is 0 Å². The highest BCUT2D eigenvalue weighted by Gasteiger charge is 2.19. The summed E-state index contributed by atoms with van der Waals surface area (Å²) in [6, 6.07) is 10.4. The Bertz CT molecular complexity index is 1010. The molecule has 1 amide bonds. The number of ether oxygens (including phenoxy) is 1. The van der Waals surface area contributed by atoms with Gasteiger partial charge in [0.05, 0.1) is 17.7 Å². The Morgan fingerprint density at radius 1 is 1.36 bits per heavy atom. The number of thiophene rings is 1. The van der Waals surface area contributed by atoms with Crippen molar-refractivity contribution in [2.24, 2.45) is 0 Å². The summed E-state index contributed by atoms with van der Waals surface area (Å²) in [5.74, 6) is -0.299. The minimum atomic E-state index is -1.01. The van der Waals surface area contributed by atoms with Gasteiger partial charge < -0.3 is 14.6 Å². The van der Waals surface area contributed by atoms with Gasteiger partial charge in [0, 0.05) is 17.4 Å². The third-order valence-electron chi connectivity index (χ3n) is 3.77. The fraction of sp³-hybridized carbons (Fsp3) is 0.211. The summed E-state index contributed by atoms with van der Waals surface area (Å²) in [6.07, 6.45) is -0.803. The number of anilines is 1. The molecule has 0 bridgehead atoms. The van der Waals surface area contributed by atoms with Crippen molar-refractivity contribution in [2.45, 2.75) is 25.9 Å². The molecule has 0 fully saturated rings. The molecule has 1 atom stereocenters. The molecule has 2 heterocycles. The van der Waals surface area contributed by atoms with Gasteiger partial charge in [-0.2, -0.15) is 21.6 Å². The van der Waals surface area contributed by atoms with E-state index in [9.17, 15) is 9.59 Å². The molecule has 0 aliphatic carbocycles. The van der Waals surface area contributed by atoms with Crippen LogP contribution in [0.5, 0.6) is 0 Å². The van der Waals surface area contributed by atoms with Gasteiger partial charge in [-0.15, -0.1) is 0 Å². The maximum absolute atomic E-state index is 12.2. The lowest BCUT2D eigenvalue weighted by Gasteiger charge is -2.13. The molecule has 1 N–H and O–H groups in total. The highest BCUT2D eigenvalue weighted by atomic mass is 32.1. The first kappa shape index (κ1) is 19.3. The van der Waals surface area contributed by atoms with Gasteiger partial charge in [0.2, 0.25) is 11.7 Å². The molecular weight excluding hydrogens is 380 g/mol. The van der Waals surface area contributed by atoms with Crippen molar-refractivity contribution in [2.75, 3.05) is 5.32 Å². The van der Waals surface area contributed by atoms with E-state index in [1.165, 1.54) is 18.3 Å². The Morgan fingerprint density at radius 2 is 2.18 bits per heavy atom. The van der Waals surface area contributed by atoms with E-state index in [4.69, 9.17) is 14.5 Å². The molecule has 1 aromatic carbocycles. The first-order valence-electron chi connectivity index (χ1n) is 8.41. The van der Waals surface area contributed by atoms with E-state index < -0.39 is 18.0 Å². The number of benzene rings is 1. The molecule has 0 saturated heterocycles. The molecule has 0 unspecified atom stereocenters. The standard InChI is InChI=1S/C19H16N4O4S/c1-12(19(25)21-15-5-3-2-4-13(15)10-20)26-17(24)7-6-16-22-18(23-27-16)14-8-9-28-11-14/h2-5,8-9,11-12H,6-7H2,1H3,(H,21,25)/t12-/m0/s1. The van der Waals surface area contributed by atoms with Crippen molar-refractivity contribution < 1.29 is 18.8 Å².